The quantitative estimate of drug-likeness (QED) is 0.791. The molecule has 2 nitrogen and oxygen atoms in total. The van der Waals surface area contributed by atoms with E-state index in [-0.39, 0.29) is 5.38 Å². The maximum atomic E-state index is 6.47. The third kappa shape index (κ3) is 3.95. The standard InChI is InChI=1S/C13H18BrClN2/c1-16-5-7-17(8-6-16)10-13(15)11-3-2-4-12(14)9-11/h2-4,9,13H,5-8,10H2,1H3. The average Bonchev–Trinajstić information content (AvgIpc) is 2.32. The van der Waals surface area contributed by atoms with Gasteiger partial charge in [-0.25, -0.2) is 0 Å². The van der Waals surface area contributed by atoms with Crippen molar-refractivity contribution in [3.8, 4) is 0 Å². The van der Waals surface area contributed by atoms with Gasteiger partial charge in [-0.3, -0.25) is 4.90 Å². The van der Waals surface area contributed by atoms with Crippen LogP contribution in [0.5, 0.6) is 0 Å². The van der Waals surface area contributed by atoms with Crippen molar-refractivity contribution >= 4 is 27.5 Å². The Morgan fingerprint density at radius 1 is 1.29 bits per heavy atom. The summed E-state index contributed by atoms with van der Waals surface area (Å²) in [6.45, 7) is 5.46. The fraction of sp³-hybridized carbons (Fsp3) is 0.538. The van der Waals surface area contributed by atoms with E-state index in [0.717, 1.165) is 37.2 Å². The summed E-state index contributed by atoms with van der Waals surface area (Å²) in [6.07, 6.45) is 0. The maximum absolute atomic E-state index is 6.47. The molecule has 0 N–H and O–H groups in total. The van der Waals surface area contributed by atoms with Crippen LogP contribution in [0.15, 0.2) is 28.7 Å². The molecule has 1 aromatic rings. The van der Waals surface area contributed by atoms with Crippen LogP contribution in [-0.4, -0.2) is 49.6 Å². The van der Waals surface area contributed by atoms with Crippen molar-refractivity contribution in [1.82, 2.24) is 9.80 Å². The molecule has 1 aromatic carbocycles. The smallest absolute Gasteiger partial charge is 0.0712 e. The lowest BCUT2D eigenvalue weighted by atomic mass is 10.1. The van der Waals surface area contributed by atoms with Crippen LogP contribution in [-0.2, 0) is 0 Å². The molecule has 0 saturated carbocycles. The molecular weight excluding hydrogens is 300 g/mol. The molecule has 2 rings (SSSR count). The Balaban J connectivity index is 1.90. The van der Waals surface area contributed by atoms with Crippen LogP contribution < -0.4 is 0 Å². The van der Waals surface area contributed by atoms with E-state index in [4.69, 9.17) is 11.6 Å². The highest BCUT2D eigenvalue weighted by Crippen LogP contribution is 2.24. The van der Waals surface area contributed by atoms with Crippen LogP contribution in [0.1, 0.15) is 10.9 Å². The molecule has 0 spiro atoms. The fourth-order valence-corrected chi connectivity index (χ4v) is 2.81. The molecule has 0 aromatic heterocycles. The monoisotopic (exact) mass is 316 g/mol. The molecule has 17 heavy (non-hydrogen) atoms. The number of halogens is 2. The Labute approximate surface area is 117 Å². The Morgan fingerprint density at radius 3 is 2.65 bits per heavy atom. The van der Waals surface area contributed by atoms with E-state index in [1.165, 1.54) is 5.56 Å². The summed E-state index contributed by atoms with van der Waals surface area (Å²) in [4.78, 5) is 4.80. The van der Waals surface area contributed by atoms with Gasteiger partial charge in [-0.15, -0.1) is 11.6 Å². The normalized spacial score (nSPS) is 20.4. The van der Waals surface area contributed by atoms with E-state index in [9.17, 15) is 0 Å². The Morgan fingerprint density at radius 2 is 2.00 bits per heavy atom. The highest BCUT2D eigenvalue weighted by molar-refractivity contribution is 9.10. The molecule has 1 fully saturated rings. The molecule has 1 unspecified atom stereocenters. The summed E-state index contributed by atoms with van der Waals surface area (Å²) < 4.78 is 1.10. The highest BCUT2D eigenvalue weighted by Gasteiger charge is 2.18. The number of rotatable bonds is 3. The van der Waals surface area contributed by atoms with Gasteiger partial charge in [-0.05, 0) is 24.7 Å². The van der Waals surface area contributed by atoms with Gasteiger partial charge in [-0.1, -0.05) is 28.1 Å². The number of hydrogen-bond donors (Lipinski definition) is 0. The lowest BCUT2D eigenvalue weighted by Crippen LogP contribution is -2.45. The van der Waals surface area contributed by atoms with E-state index in [2.05, 4.69) is 44.9 Å². The first-order valence-corrected chi connectivity index (χ1v) is 7.18. The molecule has 0 aliphatic carbocycles. The highest BCUT2D eigenvalue weighted by atomic mass is 79.9. The lowest BCUT2D eigenvalue weighted by Gasteiger charge is -2.33. The van der Waals surface area contributed by atoms with Crippen molar-refractivity contribution in [3.05, 3.63) is 34.3 Å². The van der Waals surface area contributed by atoms with E-state index in [1.807, 2.05) is 12.1 Å². The number of alkyl halides is 1. The van der Waals surface area contributed by atoms with Crippen LogP contribution >= 0.6 is 27.5 Å². The predicted molar refractivity (Wildman–Crippen MR) is 76.7 cm³/mol. The summed E-state index contributed by atoms with van der Waals surface area (Å²) >= 11 is 9.96. The van der Waals surface area contributed by atoms with Crippen molar-refractivity contribution in [3.63, 3.8) is 0 Å². The number of benzene rings is 1. The van der Waals surface area contributed by atoms with Crippen molar-refractivity contribution in [2.24, 2.45) is 0 Å². The maximum Gasteiger partial charge on any atom is 0.0712 e. The zero-order chi connectivity index (χ0) is 12.3. The van der Waals surface area contributed by atoms with Gasteiger partial charge in [0.2, 0.25) is 0 Å². The van der Waals surface area contributed by atoms with Gasteiger partial charge in [-0.2, -0.15) is 0 Å². The second kappa shape index (κ2) is 6.19. The molecule has 4 heteroatoms. The second-order valence-corrected chi connectivity index (χ2v) is 6.07. The van der Waals surface area contributed by atoms with Crippen LogP contribution in [0.4, 0.5) is 0 Å². The first-order chi connectivity index (χ1) is 8.15. The molecule has 0 amide bonds. The predicted octanol–water partition coefficient (Wildman–Crippen LogP) is 2.98. The SMILES string of the molecule is CN1CCN(CC(Cl)c2cccc(Br)c2)CC1. The summed E-state index contributed by atoms with van der Waals surface area (Å²) in [5.74, 6) is 0. The topological polar surface area (TPSA) is 6.48 Å². The number of piperazine rings is 1. The van der Waals surface area contributed by atoms with Gasteiger partial charge in [0.15, 0.2) is 0 Å². The Hall–Kier alpha value is -0.0900. The minimum Gasteiger partial charge on any atom is -0.304 e. The number of nitrogens with zero attached hydrogens (tertiary/aromatic N) is 2. The van der Waals surface area contributed by atoms with E-state index >= 15 is 0 Å². The summed E-state index contributed by atoms with van der Waals surface area (Å²) in [6, 6.07) is 8.27. The molecular formula is C13H18BrClN2. The van der Waals surface area contributed by atoms with Gasteiger partial charge < -0.3 is 4.90 Å². The third-order valence-corrected chi connectivity index (χ3v) is 4.11. The summed E-state index contributed by atoms with van der Waals surface area (Å²) in [5.41, 5.74) is 1.19. The van der Waals surface area contributed by atoms with Gasteiger partial charge >= 0.3 is 0 Å². The Bertz CT molecular complexity index is 364. The largest absolute Gasteiger partial charge is 0.304 e. The zero-order valence-corrected chi connectivity index (χ0v) is 12.4. The minimum atomic E-state index is 0.0795. The van der Waals surface area contributed by atoms with Gasteiger partial charge in [0.05, 0.1) is 5.38 Å². The molecule has 0 radical (unpaired) electrons. The second-order valence-electron chi connectivity index (χ2n) is 4.63. The molecule has 0 bridgehead atoms. The number of hydrogen-bond acceptors (Lipinski definition) is 2. The van der Waals surface area contributed by atoms with E-state index in [0.29, 0.717) is 0 Å². The van der Waals surface area contributed by atoms with Crippen LogP contribution in [0.2, 0.25) is 0 Å². The van der Waals surface area contributed by atoms with Gasteiger partial charge in [0.25, 0.3) is 0 Å². The van der Waals surface area contributed by atoms with E-state index in [1.54, 1.807) is 0 Å². The molecule has 1 aliphatic rings. The third-order valence-electron chi connectivity index (χ3n) is 3.22. The van der Waals surface area contributed by atoms with Crippen LogP contribution in [0.25, 0.3) is 0 Å². The summed E-state index contributed by atoms with van der Waals surface area (Å²) in [5, 5.41) is 0.0795. The molecule has 94 valence electrons. The van der Waals surface area contributed by atoms with Crippen LogP contribution in [0, 0.1) is 0 Å². The van der Waals surface area contributed by atoms with Crippen molar-refractivity contribution in [1.29, 1.82) is 0 Å². The molecule has 1 heterocycles. The lowest BCUT2D eigenvalue weighted by molar-refractivity contribution is 0.154. The van der Waals surface area contributed by atoms with Crippen LogP contribution in [0.3, 0.4) is 0 Å². The first kappa shape index (κ1) is 13.3. The minimum absolute atomic E-state index is 0.0795. The van der Waals surface area contributed by atoms with Gasteiger partial charge in [0, 0.05) is 37.2 Å². The van der Waals surface area contributed by atoms with E-state index < -0.39 is 0 Å². The zero-order valence-electron chi connectivity index (χ0n) is 10.1. The molecule has 1 saturated heterocycles. The summed E-state index contributed by atoms with van der Waals surface area (Å²) in [7, 11) is 2.17. The van der Waals surface area contributed by atoms with Gasteiger partial charge in [0.1, 0.15) is 0 Å². The van der Waals surface area contributed by atoms with Crippen molar-refractivity contribution in [2.45, 2.75) is 5.38 Å². The van der Waals surface area contributed by atoms with Crippen molar-refractivity contribution in [2.75, 3.05) is 39.8 Å². The Kier molecular flexibility index (Phi) is 4.86. The number of likely N-dealkylation sites (N-methyl/N-ethyl adjacent to an activating group) is 1. The average molecular weight is 318 g/mol. The first-order valence-electron chi connectivity index (χ1n) is 5.95. The molecule has 1 atom stereocenters. The molecule has 1 aliphatic heterocycles. The van der Waals surface area contributed by atoms with Crippen molar-refractivity contribution < 1.29 is 0 Å². The fourth-order valence-electron chi connectivity index (χ4n) is 2.06.